The first-order valence-corrected chi connectivity index (χ1v) is 9.17. The average Bonchev–Trinajstić information content (AvgIpc) is 3.02. The van der Waals surface area contributed by atoms with E-state index in [1.54, 1.807) is 30.6 Å². The van der Waals surface area contributed by atoms with Crippen LogP contribution in [0, 0.1) is 11.6 Å². The number of nitrogens with one attached hydrogen (secondary N) is 2. The number of hydrogen-bond acceptors (Lipinski definition) is 4. The number of anilines is 2. The number of amides is 1. The first kappa shape index (κ1) is 18.7. The van der Waals surface area contributed by atoms with Gasteiger partial charge in [-0.05, 0) is 53.9 Å². The van der Waals surface area contributed by atoms with Crippen molar-refractivity contribution in [3.8, 4) is 0 Å². The Morgan fingerprint density at radius 3 is 2.72 bits per heavy atom. The van der Waals surface area contributed by atoms with E-state index in [4.69, 9.17) is 0 Å². The topological polar surface area (TPSA) is 66.4 Å². The Hall–Kier alpha value is -3.61. The Morgan fingerprint density at radius 1 is 1.10 bits per heavy atom. The SMILES string of the molecule is O=C1Nc2cc(F)ccc2C1C=Nc1ccc(NCCc2ccncc2)c(F)c1. The van der Waals surface area contributed by atoms with Crippen LogP contribution in [-0.4, -0.2) is 23.7 Å². The molecule has 1 aromatic heterocycles. The van der Waals surface area contributed by atoms with Crippen LogP contribution in [0.3, 0.4) is 0 Å². The number of halogens is 2. The van der Waals surface area contributed by atoms with Gasteiger partial charge in [0.05, 0.1) is 11.4 Å². The number of pyridine rings is 1. The Morgan fingerprint density at radius 2 is 1.93 bits per heavy atom. The molecule has 0 bridgehead atoms. The van der Waals surface area contributed by atoms with Crippen molar-refractivity contribution in [1.82, 2.24) is 4.98 Å². The number of aliphatic imine (C=N–C) groups is 1. The summed E-state index contributed by atoms with van der Waals surface area (Å²) in [6.07, 6.45) is 5.65. The molecule has 146 valence electrons. The second-order valence-electron chi connectivity index (χ2n) is 6.67. The predicted molar refractivity (Wildman–Crippen MR) is 109 cm³/mol. The molecule has 0 fully saturated rings. The number of carbonyl (C=O) groups is 1. The maximum absolute atomic E-state index is 14.4. The second kappa shape index (κ2) is 8.18. The highest BCUT2D eigenvalue weighted by Crippen LogP contribution is 2.32. The largest absolute Gasteiger partial charge is 0.382 e. The molecule has 4 rings (SSSR count). The maximum Gasteiger partial charge on any atom is 0.237 e. The molecule has 1 aliphatic rings. The lowest BCUT2D eigenvalue weighted by Crippen LogP contribution is -2.12. The summed E-state index contributed by atoms with van der Waals surface area (Å²) in [6, 6.07) is 12.6. The molecule has 0 saturated carbocycles. The van der Waals surface area contributed by atoms with Gasteiger partial charge in [0, 0.05) is 36.9 Å². The van der Waals surface area contributed by atoms with Crippen molar-refractivity contribution in [3.05, 3.63) is 83.7 Å². The highest BCUT2D eigenvalue weighted by atomic mass is 19.1. The Balaban J connectivity index is 1.41. The zero-order chi connectivity index (χ0) is 20.2. The van der Waals surface area contributed by atoms with Crippen LogP contribution in [0.15, 0.2) is 65.9 Å². The van der Waals surface area contributed by atoms with Gasteiger partial charge in [0.15, 0.2) is 0 Å². The molecule has 1 atom stereocenters. The van der Waals surface area contributed by atoms with Crippen LogP contribution in [-0.2, 0) is 11.2 Å². The summed E-state index contributed by atoms with van der Waals surface area (Å²) in [5, 5.41) is 5.69. The molecule has 0 spiro atoms. The summed E-state index contributed by atoms with van der Waals surface area (Å²) in [7, 11) is 0. The lowest BCUT2D eigenvalue weighted by Gasteiger charge is -2.08. The minimum atomic E-state index is -0.633. The normalized spacial score (nSPS) is 15.4. The van der Waals surface area contributed by atoms with Gasteiger partial charge in [0.1, 0.15) is 17.6 Å². The number of benzene rings is 2. The highest BCUT2D eigenvalue weighted by molar-refractivity contribution is 6.12. The number of carbonyl (C=O) groups excluding carboxylic acids is 1. The lowest BCUT2D eigenvalue weighted by atomic mass is 10.0. The number of fused-ring (bicyclic) bond motifs is 1. The van der Waals surface area contributed by atoms with E-state index in [-0.39, 0.29) is 5.91 Å². The molecule has 29 heavy (non-hydrogen) atoms. The van der Waals surface area contributed by atoms with Crippen LogP contribution in [0.5, 0.6) is 0 Å². The molecule has 1 unspecified atom stereocenters. The van der Waals surface area contributed by atoms with Gasteiger partial charge in [0.25, 0.3) is 0 Å². The van der Waals surface area contributed by atoms with Crippen LogP contribution in [0.1, 0.15) is 17.0 Å². The quantitative estimate of drug-likeness (QED) is 0.609. The maximum atomic E-state index is 14.4. The molecular formula is C22H18F2N4O. The van der Waals surface area contributed by atoms with Gasteiger partial charge in [-0.15, -0.1) is 0 Å². The van der Waals surface area contributed by atoms with Crippen LogP contribution < -0.4 is 10.6 Å². The van der Waals surface area contributed by atoms with E-state index in [1.165, 1.54) is 24.4 Å². The summed E-state index contributed by atoms with van der Waals surface area (Å²) in [5.74, 6) is -1.76. The number of nitrogens with zero attached hydrogens (tertiary/aromatic N) is 2. The smallest absolute Gasteiger partial charge is 0.237 e. The van der Waals surface area contributed by atoms with Gasteiger partial charge in [0.2, 0.25) is 5.91 Å². The van der Waals surface area contributed by atoms with Crippen molar-refractivity contribution in [2.75, 3.05) is 17.2 Å². The van der Waals surface area contributed by atoms with E-state index in [0.717, 1.165) is 12.0 Å². The molecule has 0 aliphatic carbocycles. The Bertz CT molecular complexity index is 1070. The highest BCUT2D eigenvalue weighted by Gasteiger charge is 2.29. The Kier molecular flexibility index (Phi) is 5.29. The van der Waals surface area contributed by atoms with E-state index in [1.807, 2.05) is 12.1 Å². The third-order valence-electron chi connectivity index (χ3n) is 4.69. The minimum Gasteiger partial charge on any atom is -0.382 e. The summed E-state index contributed by atoms with van der Waals surface area (Å²) < 4.78 is 27.7. The fourth-order valence-electron chi connectivity index (χ4n) is 3.19. The first-order chi connectivity index (χ1) is 14.1. The fourth-order valence-corrected chi connectivity index (χ4v) is 3.19. The van der Waals surface area contributed by atoms with Crippen LogP contribution >= 0.6 is 0 Å². The third-order valence-corrected chi connectivity index (χ3v) is 4.69. The Labute approximate surface area is 166 Å². The van der Waals surface area contributed by atoms with Crippen molar-refractivity contribution < 1.29 is 13.6 Å². The van der Waals surface area contributed by atoms with Gasteiger partial charge in [-0.3, -0.25) is 14.8 Å². The van der Waals surface area contributed by atoms with E-state index < -0.39 is 17.6 Å². The second-order valence-corrected chi connectivity index (χ2v) is 6.67. The van der Waals surface area contributed by atoms with Gasteiger partial charge < -0.3 is 10.6 Å². The fraction of sp³-hybridized carbons (Fsp3) is 0.136. The first-order valence-electron chi connectivity index (χ1n) is 9.17. The van der Waals surface area contributed by atoms with E-state index in [0.29, 0.717) is 29.2 Å². The summed E-state index contributed by atoms with van der Waals surface area (Å²) >= 11 is 0. The summed E-state index contributed by atoms with van der Waals surface area (Å²) in [5.41, 5.74) is 2.98. The molecule has 5 nitrogen and oxygen atoms in total. The lowest BCUT2D eigenvalue weighted by molar-refractivity contribution is -0.115. The number of aromatic nitrogens is 1. The van der Waals surface area contributed by atoms with Crippen LogP contribution in [0.2, 0.25) is 0 Å². The molecule has 2 heterocycles. The molecule has 1 amide bonds. The zero-order valence-corrected chi connectivity index (χ0v) is 15.4. The van der Waals surface area contributed by atoms with E-state index in [9.17, 15) is 13.6 Å². The van der Waals surface area contributed by atoms with Crippen LogP contribution in [0.4, 0.5) is 25.8 Å². The van der Waals surface area contributed by atoms with Crippen molar-refractivity contribution >= 4 is 29.2 Å². The molecule has 1 aliphatic heterocycles. The number of hydrogen-bond donors (Lipinski definition) is 2. The van der Waals surface area contributed by atoms with Crippen molar-refractivity contribution in [3.63, 3.8) is 0 Å². The summed E-state index contributed by atoms with van der Waals surface area (Å²) in [4.78, 5) is 20.3. The van der Waals surface area contributed by atoms with E-state index in [2.05, 4.69) is 20.6 Å². The van der Waals surface area contributed by atoms with Crippen molar-refractivity contribution in [2.45, 2.75) is 12.3 Å². The standard InChI is InChI=1S/C22H18F2N4O/c23-15-1-3-17-18(22(29)28-21(17)11-15)13-27-16-2-4-20(19(24)12-16)26-10-7-14-5-8-25-9-6-14/h1-6,8-9,11-13,18,26H,7,10H2,(H,28,29). The molecule has 0 saturated heterocycles. The average molecular weight is 392 g/mol. The predicted octanol–water partition coefficient (Wildman–Crippen LogP) is 4.45. The third kappa shape index (κ3) is 4.29. The van der Waals surface area contributed by atoms with Crippen LogP contribution in [0.25, 0.3) is 0 Å². The summed E-state index contributed by atoms with van der Waals surface area (Å²) in [6.45, 7) is 0.582. The van der Waals surface area contributed by atoms with Crippen molar-refractivity contribution in [2.24, 2.45) is 4.99 Å². The van der Waals surface area contributed by atoms with E-state index >= 15 is 0 Å². The van der Waals surface area contributed by atoms with Gasteiger partial charge in [-0.1, -0.05) is 6.07 Å². The molecule has 2 N–H and O–H groups in total. The minimum absolute atomic E-state index is 0.288. The monoisotopic (exact) mass is 392 g/mol. The van der Waals surface area contributed by atoms with Gasteiger partial charge in [-0.25, -0.2) is 8.78 Å². The zero-order valence-electron chi connectivity index (χ0n) is 15.4. The number of rotatable bonds is 6. The van der Waals surface area contributed by atoms with Gasteiger partial charge >= 0.3 is 0 Å². The molecule has 3 aromatic rings. The van der Waals surface area contributed by atoms with Gasteiger partial charge in [-0.2, -0.15) is 0 Å². The van der Waals surface area contributed by atoms with Crippen molar-refractivity contribution in [1.29, 1.82) is 0 Å². The molecule has 0 radical (unpaired) electrons. The molecule has 2 aromatic carbocycles. The molecule has 7 heteroatoms. The molecular weight excluding hydrogens is 374 g/mol.